The van der Waals surface area contributed by atoms with E-state index in [1.807, 2.05) is 0 Å². The Morgan fingerprint density at radius 1 is 1.04 bits per heavy atom. The molecule has 0 aliphatic heterocycles. The van der Waals surface area contributed by atoms with Crippen LogP contribution in [0.2, 0.25) is 10.0 Å². The fourth-order valence-electron chi connectivity index (χ4n) is 2.22. The number of nitro groups is 1. The number of benzene rings is 2. The SMILES string of the molecule is O=C(CSc1ccc(-c2ccc([N+](=O)[O-])cc2)nn1)Nc1ccc(Cl)c(Cl)c1. The molecule has 0 atom stereocenters. The van der Waals surface area contributed by atoms with E-state index in [0.29, 0.717) is 32.0 Å². The summed E-state index contributed by atoms with van der Waals surface area (Å²) in [5, 5.41) is 23.0. The Morgan fingerprint density at radius 3 is 2.39 bits per heavy atom. The molecule has 0 radical (unpaired) electrons. The molecule has 3 rings (SSSR count). The zero-order chi connectivity index (χ0) is 20.1. The third-order valence-corrected chi connectivity index (χ3v) is 5.23. The molecule has 7 nitrogen and oxygen atoms in total. The van der Waals surface area contributed by atoms with Gasteiger partial charge in [-0.15, -0.1) is 10.2 Å². The molecule has 0 saturated carbocycles. The first kappa shape index (κ1) is 20.1. The number of non-ortho nitro benzene ring substituents is 1. The van der Waals surface area contributed by atoms with Crippen molar-refractivity contribution in [3.05, 3.63) is 74.8 Å². The van der Waals surface area contributed by atoms with Crippen molar-refractivity contribution in [2.24, 2.45) is 0 Å². The topological polar surface area (TPSA) is 98.0 Å². The van der Waals surface area contributed by atoms with Gasteiger partial charge in [0, 0.05) is 23.4 Å². The average molecular weight is 435 g/mol. The van der Waals surface area contributed by atoms with Crippen molar-refractivity contribution >= 4 is 52.2 Å². The molecule has 1 amide bonds. The first-order valence-electron chi connectivity index (χ1n) is 7.88. The first-order valence-corrected chi connectivity index (χ1v) is 9.63. The van der Waals surface area contributed by atoms with E-state index in [1.165, 1.54) is 23.9 Å². The Hall–Kier alpha value is -2.68. The van der Waals surface area contributed by atoms with Crippen molar-refractivity contribution < 1.29 is 9.72 Å². The number of nitrogens with one attached hydrogen (secondary N) is 1. The van der Waals surface area contributed by atoms with Crippen molar-refractivity contribution in [1.29, 1.82) is 0 Å². The number of carbonyl (C=O) groups excluding carboxylic acids is 1. The minimum Gasteiger partial charge on any atom is -0.325 e. The van der Waals surface area contributed by atoms with Gasteiger partial charge in [0.25, 0.3) is 5.69 Å². The van der Waals surface area contributed by atoms with Crippen LogP contribution in [0.5, 0.6) is 0 Å². The van der Waals surface area contributed by atoms with Gasteiger partial charge in [-0.25, -0.2) is 0 Å². The monoisotopic (exact) mass is 434 g/mol. The summed E-state index contributed by atoms with van der Waals surface area (Å²) >= 11 is 13.0. The van der Waals surface area contributed by atoms with Gasteiger partial charge in [-0.1, -0.05) is 35.0 Å². The summed E-state index contributed by atoms with van der Waals surface area (Å²) in [6.45, 7) is 0. The number of anilines is 1. The molecule has 0 unspecified atom stereocenters. The third kappa shape index (κ3) is 5.19. The average Bonchev–Trinajstić information content (AvgIpc) is 2.70. The smallest absolute Gasteiger partial charge is 0.269 e. The van der Waals surface area contributed by atoms with Crippen LogP contribution in [0.25, 0.3) is 11.3 Å². The molecule has 0 aliphatic carbocycles. The molecule has 0 spiro atoms. The highest BCUT2D eigenvalue weighted by Gasteiger charge is 2.09. The van der Waals surface area contributed by atoms with Gasteiger partial charge in [0.15, 0.2) is 0 Å². The van der Waals surface area contributed by atoms with Gasteiger partial charge in [-0.05, 0) is 42.5 Å². The Bertz CT molecular complexity index is 1010. The number of hydrogen-bond donors (Lipinski definition) is 1. The molecule has 1 aromatic heterocycles. The summed E-state index contributed by atoms with van der Waals surface area (Å²) in [5.41, 5.74) is 1.86. The van der Waals surface area contributed by atoms with Crippen LogP contribution in [0.15, 0.2) is 59.6 Å². The second kappa shape index (κ2) is 9.01. The van der Waals surface area contributed by atoms with Crippen molar-refractivity contribution in [1.82, 2.24) is 10.2 Å². The summed E-state index contributed by atoms with van der Waals surface area (Å²) < 4.78 is 0. The molecule has 1 N–H and O–H groups in total. The molecule has 10 heteroatoms. The Labute approximate surface area is 174 Å². The van der Waals surface area contributed by atoms with E-state index in [2.05, 4.69) is 15.5 Å². The van der Waals surface area contributed by atoms with E-state index in [9.17, 15) is 14.9 Å². The first-order chi connectivity index (χ1) is 13.4. The maximum atomic E-state index is 12.0. The maximum absolute atomic E-state index is 12.0. The van der Waals surface area contributed by atoms with Gasteiger partial charge < -0.3 is 5.32 Å². The summed E-state index contributed by atoms with van der Waals surface area (Å²) in [5.74, 6) is -0.0733. The van der Waals surface area contributed by atoms with Crippen molar-refractivity contribution in [3.63, 3.8) is 0 Å². The molecule has 28 heavy (non-hydrogen) atoms. The summed E-state index contributed by atoms with van der Waals surface area (Å²) in [6.07, 6.45) is 0. The minimum absolute atomic E-state index is 0.0110. The van der Waals surface area contributed by atoms with Crippen LogP contribution in [0.3, 0.4) is 0 Å². The lowest BCUT2D eigenvalue weighted by atomic mass is 10.1. The number of amides is 1. The molecular weight excluding hydrogens is 423 g/mol. The van der Waals surface area contributed by atoms with E-state index in [0.717, 1.165) is 0 Å². The fraction of sp³-hybridized carbons (Fsp3) is 0.0556. The zero-order valence-electron chi connectivity index (χ0n) is 14.1. The van der Waals surface area contributed by atoms with E-state index >= 15 is 0 Å². The molecule has 0 bridgehead atoms. The van der Waals surface area contributed by atoms with Crippen molar-refractivity contribution in [3.8, 4) is 11.3 Å². The van der Waals surface area contributed by atoms with Crippen LogP contribution >= 0.6 is 35.0 Å². The number of nitro benzene ring substituents is 1. The predicted octanol–water partition coefficient (Wildman–Crippen LogP) is 5.09. The lowest BCUT2D eigenvalue weighted by molar-refractivity contribution is -0.384. The summed E-state index contributed by atoms with van der Waals surface area (Å²) in [6, 6.07) is 14.4. The summed E-state index contributed by atoms with van der Waals surface area (Å²) in [7, 11) is 0. The van der Waals surface area contributed by atoms with Gasteiger partial charge in [-0.2, -0.15) is 0 Å². The summed E-state index contributed by atoms with van der Waals surface area (Å²) in [4.78, 5) is 22.3. The highest BCUT2D eigenvalue weighted by Crippen LogP contribution is 2.26. The highest BCUT2D eigenvalue weighted by molar-refractivity contribution is 7.99. The van der Waals surface area contributed by atoms with Crippen LogP contribution in [0.1, 0.15) is 0 Å². The number of thioether (sulfide) groups is 1. The lowest BCUT2D eigenvalue weighted by Gasteiger charge is -2.06. The maximum Gasteiger partial charge on any atom is 0.269 e. The molecular formula is C18H12Cl2N4O3S. The standard InChI is InChI=1S/C18H12Cl2N4O3S/c19-14-6-3-12(9-15(14)20)21-17(25)10-28-18-8-7-16(22-23-18)11-1-4-13(5-2-11)24(26)27/h1-9H,10H2,(H,21,25). The Morgan fingerprint density at radius 2 is 1.79 bits per heavy atom. The van der Waals surface area contributed by atoms with Crippen LogP contribution in [-0.2, 0) is 4.79 Å². The third-order valence-electron chi connectivity index (χ3n) is 3.57. The van der Waals surface area contributed by atoms with Gasteiger partial charge in [0.1, 0.15) is 5.03 Å². The van der Waals surface area contributed by atoms with Gasteiger partial charge in [-0.3, -0.25) is 14.9 Å². The van der Waals surface area contributed by atoms with Crippen LogP contribution < -0.4 is 5.32 Å². The number of nitrogens with zero attached hydrogens (tertiary/aromatic N) is 3. The van der Waals surface area contributed by atoms with E-state index in [4.69, 9.17) is 23.2 Å². The van der Waals surface area contributed by atoms with Crippen molar-refractivity contribution in [2.75, 3.05) is 11.1 Å². The lowest BCUT2D eigenvalue weighted by Crippen LogP contribution is -2.14. The Balaban J connectivity index is 1.57. The molecule has 0 saturated heterocycles. The van der Waals surface area contributed by atoms with Gasteiger partial charge in [0.2, 0.25) is 5.91 Å². The predicted molar refractivity (Wildman–Crippen MR) is 110 cm³/mol. The zero-order valence-corrected chi connectivity index (χ0v) is 16.5. The molecule has 0 fully saturated rings. The van der Waals surface area contributed by atoms with Crippen LogP contribution in [0, 0.1) is 10.1 Å². The van der Waals surface area contributed by atoms with E-state index in [1.54, 1.807) is 42.5 Å². The minimum atomic E-state index is -0.460. The molecule has 3 aromatic rings. The second-order valence-electron chi connectivity index (χ2n) is 5.53. The van der Waals surface area contributed by atoms with E-state index < -0.39 is 4.92 Å². The largest absolute Gasteiger partial charge is 0.325 e. The van der Waals surface area contributed by atoms with Crippen molar-refractivity contribution in [2.45, 2.75) is 5.03 Å². The number of rotatable bonds is 6. The molecule has 1 heterocycles. The molecule has 2 aromatic carbocycles. The Kier molecular flexibility index (Phi) is 6.45. The molecule has 0 aliphatic rings. The van der Waals surface area contributed by atoms with Gasteiger partial charge in [0.05, 0.1) is 26.4 Å². The molecule has 142 valence electrons. The van der Waals surface area contributed by atoms with Gasteiger partial charge >= 0.3 is 0 Å². The van der Waals surface area contributed by atoms with Crippen LogP contribution in [0.4, 0.5) is 11.4 Å². The normalized spacial score (nSPS) is 10.5. The quantitative estimate of drug-likeness (QED) is 0.329. The fourth-order valence-corrected chi connectivity index (χ4v) is 3.13. The highest BCUT2D eigenvalue weighted by atomic mass is 35.5. The number of carbonyl (C=O) groups is 1. The van der Waals surface area contributed by atoms with E-state index in [-0.39, 0.29) is 17.3 Å². The number of aromatic nitrogens is 2. The second-order valence-corrected chi connectivity index (χ2v) is 7.34. The number of hydrogen-bond acceptors (Lipinski definition) is 6. The number of halogens is 2. The van der Waals surface area contributed by atoms with Crippen LogP contribution in [-0.4, -0.2) is 26.8 Å².